The molecule has 1 saturated carbocycles. The molecule has 0 radical (unpaired) electrons. The summed E-state index contributed by atoms with van der Waals surface area (Å²) in [5.74, 6) is 0.969. The van der Waals surface area contributed by atoms with E-state index in [0.29, 0.717) is 19.4 Å². The summed E-state index contributed by atoms with van der Waals surface area (Å²) in [5, 5.41) is 19.9. The fourth-order valence-electron chi connectivity index (χ4n) is 5.67. The first-order valence-electron chi connectivity index (χ1n) is 9.65. The Labute approximate surface area is 174 Å². The number of hydrogen-bond donors (Lipinski definition) is 1. The molecule has 2 aromatic carbocycles. The second-order valence-electron chi connectivity index (χ2n) is 7.91. The lowest BCUT2D eigenvalue weighted by Gasteiger charge is -2.32. The van der Waals surface area contributed by atoms with Gasteiger partial charge in [-0.15, -0.1) is 0 Å². The molecule has 2 fully saturated rings. The van der Waals surface area contributed by atoms with Gasteiger partial charge in [0.05, 0.1) is 18.7 Å². The molecular formula is C23H20N4OS. The molecule has 3 aliphatic rings. The first-order valence-corrected chi connectivity index (χ1v) is 10.6. The fourth-order valence-corrected chi connectivity index (χ4v) is 7.05. The zero-order valence-electron chi connectivity index (χ0n) is 15.8. The maximum absolute atomic E-state index is 10.6. The van der Waals surface area contributed by atoms with Gasteiger partial charge in [0, 0.05) is 11.2 Å². The molecule has 2 aromatic rings. The molecule has 3 atom stereocenters. The van der Waals surface area contributed by atoms with Gasteiger partial charge in [-0.2, -0.15) is 10.5 Å². The minimum atomic E-state index is -1.17. The van der Waals surface area contributed by atoms with Crippen molar-refractivity contribution in [1.82, 2.24) is 0 Å². The average Bonchev–Trinajstić information content (AvgIpc) is 3.01. The van der Waals surface area contributed by atoms with Crippen LogP contribution in [-0.4, -0.2) is 23.3 Å². The van der Waals surface area contributed by atoms with E-state index in [-0.39, 0.29) is 5.84 Å². The van der Waals surface area contributed by atoms with Gasteiger partial charge in [-0.25, -0.2) is 4.99 Å². The molecule has 1 spiro atoms. The first-order chi connectivity index (χ1) is 14.1. The van der Waals surface area contributed by atoms with Gasteiger partial charge in [-0.05, 0) is 24.0 Å². The molecule has 2 heterocycles. The van der Waals surface area contributed by atoms with E-state index in [9.17, 15) is 10.5 Å². The summed E-state index contributed by atoms with van der Waals surface area (Å²) in [4.78, 5) is 4.60. The third-order valence-electron chi connectivity index (χ3n) is 6.77. The molecule has 1 aliphatic carbocycles. The van der Waals surface area contributed by atoms with Crippen LogP contribution in [0, 0.1) is 38.9 Å². The number of aliphatic imine (C=N–C) groups is 1. The van der Waals surface area contributed by atoms with Crippen LogP contribution in [0.25, 0.3) is 0 Å². The standard InChI is InChI=1S/C23H20N4OS/c24-15-21-19(26)27-23(28-11-12-29-23)22(21,16-25)20(21,13-17-7-3-1-4-8-17)14-18-9-5-2-6-10-18/h1-10H,11-14H2,(H2,26,27)/t21-,22+,23+/m0/s1. The average molecular weight is 401 g/mol. The van der Waals surface area contributed by atoms with Crippen LogP contribution >= 0.6 is 11.8 Å². The lowest BCUT2D eigenvalue weighted by Crippen LogP contribution is -2.39. The third kappa shape index (κ3) is 1.96. The minimum Gasteiger partial charge on any atom is -0.386 e. The van der Waals surface area contributed by atoms with Crippen molar-refractivity contribution in [3.63, 3.8) is 0 Å². The van der Waals surface area contributed by atoms with Gasteiger partial charge in [-0.3, -0.25) is 0 Å². The van der Waals surface area contributed by atoms with Gasteiger partial charge >= 0.3 is 0 Å². The van der Waals surface area contributed by atoms with Crippen molar-refractivity contribution in [3.05, 3.63) is 71.8 Å². The normalized spacial score (nSPS) is 33.5. The Bertz CT molecular complexity index is 1020. The second kappa shape index (κ2) is 6.10. The van der Waals surface area contributed by atoms with Crippen molar-refractivity contribution in [2.24, 2.45) is 27.0 Å². The van der Waals surface area contributed by atoms with Gasteiger partial charge in [0.2, 0.25) is 5.06 Å². The van der Waals surface area contributed by atoms with Crippen LogP contribution in [-0.2, 0) is 17.6 Å². The number of ether oxygens (including phenoxy) is 1. The summed E-state index contributed by atoms with van der Waals surface area (Å²) in [6.45, 7) is 0.499. The van der Waals surface area contributed by atoms with Crippen molar-refractivity contribution in [3.8, 4) is 12.1 Å². The Morgan fingerprint density at radius 2 is 1.55 bits per heavy atom. The molecule has 29 heavy (non-hydrogen) atoms. The molecule has 1 saturated heterocycles. The van der Waals surface area contributed by atoms with Crippen LogP contribution < -0.4 is 5.73 Å². The predicted molar refractivity (Wildman–Crippen MR) is 112 cm³/mol. The summed E-state index contributed by atoms with van der Waals surface area (Å²) in [6, 6.07) is 25.0. The molecule has 0 aromatic heterocycles. The third-order valence-corrected chi connectivity index (χ3v) is 8.05. The van der Waals surface area contributed by atoms with Gasteiger partial charge in [0.25, 0.3) is 0 Å². The monoisotopic (exact) mass is 400 g/mol. The molecular weight excluding hydrogens is 380 g/mol. The molecule has 2 aliphatic heterocycles. The SMILES string of the molecule is N#C[C@@]12C(Cc3ccccc3)(Cc3ccccc3)[C@]1(C#N)C(N)=N[C@@]21OCCS1. The Morgan fingerprint density at radius 3 is 2.00 bits per heavy atom. The lowest BCUT2D eigenvalue weighted by atomic mass is 9.79. The Balaban J connectivity index is 1.73. The van der Waals surface area contributed by atoms with E-state index >= 15 is 0 Å². The van der Waals surface area contributed by atoms with Crippen LogP contribution in [0.2, 0.25) is 0 Å². The molecule has 6 heteroatoms. The van der Waals surface area contributed by atoms with E-state index in [2.05, 4.69) is 17.1 Å². The highest BCUT2D eigenvalue weighted by Crippen LogP contribution is 2.88. The van der Waals surface area contributed by atoms with Crippen molar-refractivity contribution in [2.75, 3.05) is 12.4 Å². The maximum Gasteiger partial charge on any atom is 0.230 e. The second-order valence-corrected chi connectivity index (χ2v) is 9.16. The number of thioether (sulfide) groups is 1. The van der Waals surface area contributed by atoms with E-state index in [1.807, 2.05) is 60.7 Å². The van der Waals surface area contributed by atoms with Crippen molar-refractivity contribution in [2.45, 2.75) is 17.9 Å². The lowest BCUT2D eigenvalue weighted by molar-refractivity contribution is 0.00727. The molecule has 144 valence electrons. The van der Waals surface area contributed by atoms with Crippen molar-refractivity contribution >= 4 is 17.6 Å². The van der Waals surface area contributed by atoms with Gasteiger partial charge < -0.3 is 10.5 Å². The van der Waals surface area contributed by atoms with Crippen molar-refractivity contribution < 1.29 is 4.74 Å². The Morgan fingerprint density at radius 1 is 0.966 bits per heavy atom. The van der Waals surface area contributed by atoms with Crippen molar-refractivity contribution in [1.29, 1.82) is 10.5 Å². The predicted octanol–water partition coefficient (Wildman–Crippen LogP) is 3.28. The quantitative estimate of drug-likeness (QED) is 0.850. The first kappa shape index (κ1) is 18.2. The summed E-state index contributed by atoms with van der Waals surface area (Å²) in [7, 11) is 0. The smallest absolute Gasteiger partial charge is 0.230 e. The van der Waals surface area contributed by atoms with Crippen LogP contribution in [0.5, 0.6) is 0 Å². The topological polar surface area (TPSA) is 95.2 Å². The van der Waals surface area contributed by atoms with Gasteiger partial charge in [0.1, 0.15) is 11.3 Å². The highest BCUT2D eigenvalue weighted by atomic mass is 32.2. The summed E-state index contributed by atoms with van der Waals surface area (Å²) in [6.07, 6.45) is 1.12. The van der Waals surface area contributed by atoms with Crippen LogP contribution in [0.1, 0.15) is 11.1 Å². The highest BCUT2D eigenvalue weighted by Gasteiger charge is 2.99. The molecule has 2 N–H and O–H groups in total. The molecule has 0 unspecified atom stereocenters. The summed E-state index contributed by atoms with van der Waals surface area (Å²) >= 11 is 1.50. The maximum atomic E-state index is 10.6. The highest BCUT2D eigenvalue weighted by molar-refractivity contribution is 8.00. The zero-order chi connectivity index (χ0) is 20.2. The van der Waals surface area contributed by atoms with E-state index in [0.717, 1.165) is 16.9 Å². The van der Waals surface area contributed by atoms with Gasteiger partial charge in [-0.1, -0.05) is 72.4 Å². The minimum absolute atomic E-state index is 0.239. The number of nitrogens with two attached hydrogens (primary N) is 1. The number of fused-ring (bicyclic) bond motifs is 2. The fraction of sp³-hybridized carbons (Fsp3) is 0.348. The van der Waals surface area contributed by atoms with Crippen LogP contribution in [0.4, 0.5) is 0 Å². The Hall–Kier alpha value is -2.80. The number of rotatable bonds is 4. The summed E-state index contributed by atoms with van der Waals surface area (Å²) < 4.78 is 6.10. The Kier molecular flexibility index (Phi) is 3.84. The number of nitrogens with zero attached hydrogens (tertiary/aromatic N) is 3. The van der Waals surface area contributed by atoms with Gasteiger partial charge in [0.15, 0.2) is 5.41 Å². The van der Waals surface area contributed by atoms with Crippen LogP contribution in [0.3, 0.4) is 0 Å². The zero-order valence-corrected chi connectivity index (χ0v) is 16.7. The number of hydrogen-bond acceptors (Lipinski definition) is 6. The number of amidine groups is 1. The van der Waals surface area contributed by atoms with E-state index in [4.69, 9.17) is 10.5 Å². The molecule has 0 bridgehead atoms. The number of nitriles is 2. The molecule has 5 rings (SSSR count). The van der Waals surface area contributed by atoms with E-state index in [1.165, 1.54) is 11.8 Å². The largest absolute Gasteiger partial charge is 0.386 e. The van der Waals surface area contributed by atoms with Crippen LogP contribution in [0.15, 0.2) is 65.7 Å². The molecule has 5 nitrogen and oxygen atoms in total. The van der Waals surface area contributed by atoms with E-state index < -0.39 is 21.3 Å². The van der Waals surface area contributed by atoms with E-state index in [1.54, 1.807) is 0 Å². The summed E-state index contributed by atoms with van der Waals surface area (Å²) in [5.41, 5.74) is 5.59. The molecule has 0 amide bonds. The number of benzene rings is 2.